The molecule has 0 amide bonds. The fourth-order valence-corrected chi connectivity index (χ4v) is 2.19. The van der Waals surface area contributed by atoms with E-state index >= 15 is 0 Å². The van der Waals surface area contributed by atoms with Crippen molar-refractivity contribution in [2.24, 2.45) is 5.92 Å². The Kier molecular flexibility index (Phi) is 3.31. The molecule has 1 atom stereocenters. The molecule has 0 aliphatic heterocycles. The maximum atomic E-state index is 10.9. The molecule has 3 heteroatoms. The predicted molar refractivity (Wildman–Crippen MR) is 49.5 cm³/mol. The van der Waals surface area contributed by atoms with Crippen molar-refractivity contribution in [1.29, 1.82) is 0 Å². The van der Waals surface area contributed by atoms with Crippen LogP contribution in [0.3, 0.4) is 0 Å². The summed E-state index contributed by atoms with van der Waals surface area (Å²) in [5.41, 5.74) is -1.47. The fourth-order valence-electron chi connectivity index (χ4n) is 2.19. The Morgan fingerprint density at radius 1 is 1.38 bits per heavy atom. The lowest BCUT2D eigenvalue weighted by atomic mass is 9.75. The molecule has 1 aliphatic carbocycles. The van der Waals surface area contributed by atoms with Gasteiger partial charge < -0.3 is 10.2 Å². The molecule has 0 radical (unpaired) electrons. The Morgan fingerprint density at radius 3 is 2.31 bits per heavy atom. The summed E-state index contributed by atoms with van der Waals surface area (Å²) < 4.78 is 0. The number of carboxylic acid groups (broad SMARTS) is 1. The molecule has 0 aromatic rings. The Bertz CT molecular complexity index is 185. The quantitative estimate of drug-likeness (QED) is 0.706. The van der Waals surface area contributed by atoms with Crippen LogP contribution in [0.2, 0.25) is 0 Å². The van der Waals surface area contributed by atoms with Crippen molar-refractivity contribution < 1.29 is 15.0 Å². The zero-order valence-corrected chi connectivity index (χ0v) is 8.12. The van der Waals surface area contributed by atoms with Gasteiger partial charge in [-0.1, -0.05) is 26.2 Å². The van der Waals surface area contributed by atoms with Crippen LogP contribution in [0.15, 0.2) is 0 Å². The molecule has 0 heterocycles. The Labute approximate surface area is 78.8 Å². The van der Waals surface area contributed by atoms with Crippen molar-refractivity contribution >= 4 is 5.97 Å². The third-order valence-electron chi connectivity index (χ3n) is 3.19. The van der Waals surface area contributed by atoms with E-state index in [1.54, 1.807) is 6.92 Å². The molecule has 0 bridgehead atoms. The smallest absolute Gasteiger partial charge is 0.335 e. The molecule has 76 valence electrons. The standard InChI is InChI=1S/C10H18O3/c1-2-10(13,9(11)12)8-6-4-3-5-7-8/h8,13H,2-7H2,1H3,(H,11,12). The molecule has 1 fully saturated rings. The number of hydrogen-bond donors (Lipinski definition) is 2. The van der Waals surface area contributed by atoms with Gasteiger partial charge in [-0.25, -0.2) is 4.79 Å². The molecule has 0 aromatic carbocycles. The van der Waals surface area contributed by atoms with E-state index in [0.29, 0.717) is 6.42 Å². The zero-order chi connectivity index (χ0) is 9.90. The first-order valence-corrected chi connectivity index (χ1v) is 5.07. The summed E-state index contributed by atoms with van der Waals surface area (Å²) in [4.78, 5) is 10.9. The summed E-state index contributed by atoms with van der Waals surface area (Å²) >= 11 is 0. The van der Waals surface area contributed by atoms with Crippen molar-refractivity contribution in [1.82, 2.24) is 0 Å². The number of carbonyl (C=O) groups is 1. The maximum absolute atomic E-state index is 10.9. The second kappa shape index (κ2) is 4.09. The second-order valence-electron chi connectivity index (χ2n) is 3.92. The van der Waals surface area contributed by atoms with Gasteiger partial charge in [0.25, 0.3) is 0 Å². The average Bonchev–Trinajstić information content (AvgIpc) is 2.17. The maximum Gasteiger partial charge on any atom is 0.335 e. The number of hydrogen-bond acceptors (Lipinski definition) is 2. The van der Waals surface area contributed by atoms with Crippen LogP contribution >= 0.6 is 0 Å². The lowest BCUT2D eigenvalue weighted by molar-refractivity contribution is -0.167. The molecule has 1 rings (SSSR count). The number of aliphatic hydroxyl groups is 1. The highest BCUT2D eigenvalue weighted by Crippen LogP contribution is 2.34. The molecule has 13 heavy (non-hydrogen) atoms. The summed E-state index contributed by atoms with van der Waals surface area (Å²) in [6, 6.07) is 0. The van der Waals surface area contributed by atoms with Gasteiger partial charge in [0.05, 0.1) is 0 Å². The highest BCUT2D eigenvalue weighted by Gasteiger charge is 2.42. The number of carboxylic acids is 1. The summed E-state index contributed by atoms with van der Waals surface area (Å²) in [7, 11) is 0. The minimum absolute atomic E-state index is 0.0382. The SMILES string of the molecule is CCC(O)(C(=O)O)C1CCCCC1. The first kappa shape index (κ1) is 10.5. The van der Waals surface area contributed by atoms with E-state index in [0.717, 1.165) is 25.7 Å². The summed E-state index contributed by atoms with van der Waals surface area (Å²) in [5.74, 6) is -1.09. The van der Waals surface area contributed by atoms with Crippen LogP contribution in [0.1, 0.15) is 45.4 Å². The van der Waals surface area contributed by atoms with Crippen molar-refractivity contribution in [3.63, 3.8) is 0 Å². The first-order chi connectivity index (χ1) is 6.11. The highest BCUT2D eigenvalue weighted by atomic mass is 16.4. The molecule has 1 saturated carbocycles. The van der Waals surface area contributed by atoms with Gasteiger partial charge in [-0.15, -0.1) is 0 Å². The first-order valence-electron chi connectivity index (χ1n) is 5.07. The minimum Gasteiger partial charge on any atom is -0.479 e. The Morgan fingerprint density at radius 2 is 1.92 bits per heavy atom. The molecule has 0 spiro atoms. The second-order valence-corrected chi connectivity index (χ2v) is 3.92. The van der Waals surface area contributed by atoms with Crippen LogP contribution in [0, 0.1) is 5.92 Å². The molecule has 0 aromatic heterocycles. The van der Waals surface area contributed by atoms with E-state index in [-0.39, 0.29) is 5.92 Å². The number of rotatable bonds is 3. The van der Waals surface area contributed by atoms with Gasteiger partial charge in [-0.05, 0) is 25.2 Å². The van der Waals surface area contributed by atoms with Crippen LogP contribution in [0.4, 0.5) is 0 Å². The van der Waals surface area contributed by atoms with Gasteiger partial charge in [0.1, 0.15) is 0 Å². The lowest BCUT2D eigenvalue weighted by Gasteiger charge is -2.34. The summed E-state index contributed by atoms with van der Waals surface area (Å²) in [6.45, 7) is 1.74. The van der Waals surface area contributed by atoms with Crippen LogP contribution in [-0.4, -0.2) is 21.8 Å². The molecular weight excluding hydrogens is 168 g/mol. The minimum atomic E-state index is -1.47. The number of aliphatic carboxylic acids is 1. The van der Waals surface area contributed by atoms with Gasteiger partial charge >= 0.3 is 5.97 Å². The van der Waals surface area contributed by atoms with E-state index < -0.39 is 11.6 Å². The third kappa shape index (κ3) is 2.02. The third-order valence-corrected chi connectivity index (χ3v) is 3.19. The highest BCUT2D eigenvalue weighted by molar-refractivity contribution is 5.77. The van der Waals surface area contributed by atoms with E-state index in [1.807, 2.05) is 0 Å². The normalized spacial score (nSPS) is 23.8. The molecule has 3 nitrogen and oxygen atoms in total. The fraction of sp³-hybridized carbons (Fsp3) is 0.900. The van der Waals surface area contributed by atoms with Crippen molar-refractivity contribution in [2.75, 3.05) is 0 Å². The van der Waals surface area contributed by atoms with Crippen molar-refractivity contribution in [2.45, 2.75) is 51.0 Å². The topological polar surface area (TPSA) is 57.5 Å². The van der Waals surface area contributed by atoms with Crippen LogP contribution < -0.4 is 0 Å². The monoisotopic (exact) mass is 186 g/mol. The van der Waals surface area contributed by atoms with E-state index in [1.165, 1.54) is 6.42 Å². The molecule has 0 saturated heterocycles. The predicted octanol–water partition coefficient (Wildman–Crippen LogP) is 1.79. The van der Waals surface area contributed by atoms with Crippen molar-refractivity contribution in [3.8, 4) is 0 Å². The van der Waals surface area contributed by atoms with E-state index in [9.17, 15) is 9.90 Å². The lowest BCUT2D eigenvalue weighted by Crippen LogP contribution is -2.46. The van der Waals surface area contributed by atoms with Gasteiger partial charge in [-0.2, -0.15) is 0 Å². The van der Waals surface area contributed by atoms with Gasteiger partial charge in [0.15, 0.2) is 5.60 Å². The van der Waals surface area contributed by atoms with E-state index in [2.05, 4.69) is 0 Å². The van der Waals surface area contributed by atoms with Gasteiger partial charge in [0.2, 0.25) is 0 Å². The largest absolute Gasteiger partial charge is 0.479 e. The molecule has 1 aliphatic rings. The van der Waals surface area contributed by atoms with E-state index in [4.69, 9.17) is 5.11 Å². The zero-order valence-electron chi connectivity index (χ0n) is 8.12. The van der Waals surface area contributed by atoms with Crippen molar-refractivity contribution in [3.05, 3.63) is 0 Å². The summed E-state index contributed by atoms with van der Waals surface area (Å²) in [6.07, 6.45) is 5.32. The van der Waals surface area contributed by atoms with Crippen LogP contribution in [-0.2, 0) is 4.79 Å². The van der Waals surface area contributed by atoms with Gasteiger partial charge in [-0.3, -0.25) is 0 Å². The average molecular weight is 186 g/mol. The van der Waals surface area contributed by atoms with Crippen LogP contribution in [0.5, 0.6) is 0 Å². The molecule has 2 N–H and O–H groups in total. The Hall–Kier alpha value is -0.570. The van der Waals surface area contributed by atoms with Crippen LogP contribution in [0.25, 0.3) is 0 Å². The summed E-state index contributed by atoms with van der Waals surface area (Å²) in [5, 5.41) is 18.9. The molecule has 1 unspecified atom stereocenters. The Balaban J connectivity index is 2.68. The molecular formula is C10H18O3. The van der Waals surface area contributed by atoms with Gasteiger partial charge in [0, 0.05) is 0 Å².